The molecule has 3 N–H and O–H groups in total. The lowest BCUT2D eigenvalue weighted by Gasteiger charge is -2.18. The Morgan fingerprint density at radius 1 is 1.47 bits per heavy atom. The smallest absolute Gasteiger partial charge is 0.260 e. The van der Waals surface area contributed by atoms with Crippen molar-refractivity contribution in [3.8, 4) is 5.75 Å². The van der Waals surface area contributed by atoms with Crippen molar-refractivity contribution in [3.63, 3.8) is 0 Å². The summed E-state index contributed by atoms with van der Waals surface area (Å²) in [5, 5.41) is 2.55. The summed E-state index contributed by atoms with van der Waals surface area (Å²) < 4.78 is 5.63. The van der Waals surface area contributed by atoms with Crippen LogP contribution in [0, 0.1) is 0 Å². The fourth-order valence-electron chi connectivity index (χ4n) is 1.56. The number of benzene rings is 1. The van der Waals surface area contributed by atoms with Crippen LogP contribution in [0.2, 0.25) is 0 Å². The van der Waals surface area contributed by atoms with Gasteiger partial charge in [0.1, 0.15) is 5.75 Å². The number of carbonyl (C=O) groups is 1. The van der Waals surface area contributed by atoms with E-state index in [4.69, 9.17) is 10.5 Å². The number of nitrogens with two attached hydrogens (primary N) is 1. The number of carbonyl (C=O) groups excluding carboxylic acids is 1. The second-order valence-corrected chi connectivity index (χ2v) is 3.93. The predicted molar refractivity (Wildman–Crippen MR) is 67.8 cm³/mol. The molecule has 1 rings (SSSR count). The molecule has 0 aliphatic heterocycles. The van der Waals surface area contributed by atoms with E-state index in [1.165, 1.54) is 0 Å². The van der Waals surface area contributed by atoms with E-state index >= 15 is 0 Å². The Labute approximate surface area is 102 Å². The molecule has 0 heterocycles. The van der Waals surface area contributed by atoms with Crippen molar-refractivity contribution in [2.24, 2.45) is 5.73 Å². The Balaban J connectivity index is 2.87. The number of para-hydroxylation sites is 1. The molecule has 0 aliphatic rings. The standard InChI is InChI=1S/C13H20N2O2/c1-4-11(14)10-7-5-6-8-12(10)17-9(2)13(16)15-3/h5-9,11H,4,14H2,1-3H3,(H,15,16). The first kappa shape index (κ1) is 13.5. The van der Waals surface area contributed by atoms with Gasteiger partial charge in [0.25, 0.3) is 5.91 Å². The van der Waals surface area contributed by atoms with Crippen molar-refractivity contribution in [2.45, 2.75) is 32.4 Å². The minimum atomic E-state index is -0.523. The van der Waals surface area contributed by atoms with E-state index in [0.717, 1.165) is 12.0 Å². The van der Waals surface area contributed by atoms with Gasteiger partial charge in [0, 0.05) is 18.7 Å². The molecule has 0 bridgehead atoms. The summed E-state index contributed by atoms with van der Waals surface area (Å²) in [6, 6.07) is 7.49. The lowest BCUT2D eigenvalue weighted by molar-refractivity contribution is -0.126. The maximum absolute atomic E-state index is 11.4. The van der Waals surface area contributed by atoms with Gasteiger partial charge in [-0.25, -0.2) is 0 Å². The maximum atomic E-state index is 11.4. The molecule has 0 saturated heterocycles. The van der Waals surface area contributed by atoms with Crippen LogP contribution in [0.3, 0.4) is 0 Å². The molecule has 4 nitrogen and oxygen atoms in total. The summed E-state index contributed by atoms with van der Waals surface area (Å²) in [4.78, 5) is 11.4. The van der Waals surface area contributed by atoms with Crippen LogP contribution in [-0.2, 0) is 4.79 Å². The lowest BCUT2D eigenvalue weighted by Crippen LogP contribution is -2.34. The van der Waals surface area contributed by atoms with Crippen molar-refractivity contribution >= 4 is 5.91 Å². The van der Waals surface area contributed by atoms with E-state index in [9.17, 15) is 4.79 Å². The fraction of sp³-hybridized carbons (Fsp3) is 0.462. The van der Waals surface area contributed by atoms with Crippen molar-refractivity contribution < 1.29 is 9.53 Å². The summed E-state index contributed by atoms with van der Waals surface area (Å²) in [7, 11) is 1.59. The highest BCUT2D eigenvalue weighted by Crippen LogP contribution is 2.26. The first-order valence-corrected chi connectivity index (χ1v) is 5.82. The molecule has 0 aromatic heterocycles. The monoisotopic (exact) mass is 236 g/mol. The van der Waals surface area contributed by atoms with Crippen LogP contribution in [0.5, 0.6) is 5.75 Å². The highest BCUT2D eigenvalue weighted by molar-refractivity contribution is 5.80. The number of ether oxygens (including phenoxy) is 1. The highest BCUT2D eigenvalue weighted by atomic mass is 16.5. The molecular formula is C13H20N2O2. The molecule has 1 aromatic carbocycles. The predicted octanol–water partition coefficient (Wildman–Crippen LogP) is 1.61. The molecule has 0 spiro atoms. The Kier molecular flexibility index (Phi) is 4.97. The Morgan fingerprint density at radius 3 is 2.71 bits per heavy atom. The van der Waals surface area contributed by atoms with E-state index < -0.39 is 6.10 Å². The van der Waals surface area contributed by atoms with Gasteiger partial charge in [-0.2, -0.15) is 0 Å². The van der Waals surface area contributed by atoms with Gasteiger partial charge in [0.2, 0.25) is 0 Å². The van der Waals surface area contributed by atoms with Crippen LogP contribution in [0.15, 0.2) is 24.3 Å². The molecular weight excluding hydrogens is 216 g/mol. The molecule has 0 saturated carbocycles. The molecule has 1 amide bonds. The molecule has 4 heteroatoms. The van der Waals surface area contributed by atoms with Crippen molar-refractivity contribution in [3.05, 3.63) is 29.8 Å². The zero-order chi connectivity index (χ0) is 12.8. The zero-order valence-corrected chi connectivity index (χ0v) is 10.6. The number of rotatable bonds is 5. The van der Waals surface area contributed by atoms with Crippen molar-refractivity contribution in [1.29, 1.82) is 0 Å². The third kappa shape index (κ3) is 3.46. The Hall–Kier alpha value is -1.55. The zero-order valence-electron chi connectivity index (χ0n) is 10.6. The summed E-state index contributed by atoms with van der Waals surface area (Å²) >= 11 is 0. The fourth-order valence-corrected chi connectivity index (χ4v) is 1.56. The van der Waals surface area contributed by atoms with Crippen LogP contribution in [0.4, 0.5) is 0 Å². The minimum absolute atomic E-state index is 0.0666. The molecule has 2 atom stereocenters. The Bertz CT molecular complexity index is 379. The summed E-state index contributed by atoms with van der Waals surface area (Å²) in [5.74, 6) is 0.530. The number of nitrogens with one attached hydrogen (secondary N) is 1. The van der Waals surface area contributed by atoms with Gasteiger partial charge in [-0.15, -0.1) is 0 Å². The van der Waals surface area contributed by atoms with Gasteiger partial charge < -0.3 is 15.8 Å². The number of amides is 1. The minimum Gasteiger partial charge on any atom is -0.481 e. The third-order valence-electron chi connectivity index (χ3n) is 2.68. The third-order valence-corrected chi connectivity index (χ3v) is 2.68. The number of hydrogen-bond donors (Lipinski definition) is 2. The van der Waals surface area contributed by atoms with Crippen LogP contribution in [0.1, 0.15) is 31.9 Å². The quantitative estimate of drug-likeness (QED) is 0.816. The lowest BCUT2D eigenvalue weighted by atomic mass is 10.0. The largest absolute Gasteiger partial charge is 0.481 e. The molecule has 2 unspecified atom stereocenters. The number of hydrogen-bond acceptors (Lipinski definition) is 3. The topological polar surface area (TPSA) is 64.3 Å². The first-order valence-electron chi connectivity index (χ1n) is 5.82. The second kappa shape index (κ2) is 6.25. The van der Waals surface area contributed by atoms with Gasteiger partial charge in [-0.05, 0) is 19.4 Å². The van der Waals surface area contributed by atoms with Crippen LogP contribution < -0.4 is 15.8 Å². The SMILES string of the molecule is CCC(N)c1ccccc1OC(C)C(=O)NC. The van der Waals surface area contributed by atoms with Crippen LogP contribution >= 0.6 is 0 Å². The van der Waals surface area contributed by atoms with Gasteiger partial charge in [0.15, 0.2) is 6.10 Å². The van der Waals surface area contributed by atoms with Crippen molar-refractivity contribution in [2.75, 3.05) is 7.05 Å². The van der Waals surface area contributed by atoms with E-state index in [2.05, 4.69) is 5.32 Å². The molecule has 94 valence electrons. The Morgan fingerprint density at radius 2 is 2.12 bits per heavy atom. The van der Waals surface area contributed by atoms with Gasteiger partial charge in [-0.3, -0.25) is 4.79 Å². The second-order valence-electron chi connectivity index (χ2n) is 3.93. The van der Waals surface area contributed by atoms with Gasteiger partial charge >= 0.3 is 0 Å². The molecule has 1 aromatic rings. The van der Waals surface area contributed by atoms with Crippen LogP contribution in [-0.4, -0.2) is 19.1 Å². The summed E-state index contributed by atoms with van der Waals surface area (Å²) in [6.45, 7) is 3.73. The summed E-state index contributed by atoms with van der Waals surface area (Å²) in [5.41, 5.74) is 6.93. The summed E-state index contributed by atoms with van der Waals surface area (Å²) in [6.07, 6.45) is 0.305. The molecule has 0 aliphatic carbocycles. The number of likely N-dealkylation sites (N-methyl/N-ethyl adjacent to an activating group) is 1. The maximum Gasteiger partial charge on any atom is 0.260 e. The van der Waals surface area contributed by atoms with E-state index in [-0.39, 0.29) is 11.9 Å². The van der Waals surface area contributed by atoms with Gasteiger partial charge in [0.05, 0.1) is 0 Å². The van der Waals surface area contributed by atoms with E-state index in [1.54, 1.807) is 14.0 Å². The first-order chi connectivity index (χ1) is 8.10. The molecule has 17 heavy (non-hydrogen) atoms. The van der Waals surface area contributed by atoms with Crippen molar-refractivity contribution in [1.82, 2.24) is 5.32 Å². The normalized spacial score (nSPS) is 13.9. The average molecular weight is 236 g/mol. The van der Waals surface area contributed by atoms with E-state index in [1.807, 2.05) is 31.2 Å². The molecule has 0 radical (unpaired) electrons. The molecule has 0 fully saturated rings. The van der Waals surface area contributed by atoms with Gasteiger partial charge in [-0.1, -0.05) is 25.1 Å². The average Bonchev–Trinajstić information content (AvgIpc) is 2.37. The van der Waals surface area contributed by atoms with Crippen LogP contribution in [0.25, 0.3) is 0 Å². The van der Waals surface area contributed by atoms with E-state index in [0.29, 0.717) is 5.75 Å². The highest BCUT2D eigenvalue weighted by Gasteiger charge is 2.16.